The van der Waals surface area contributed by atoms with Crippen molar-refractivity contribution in [3.63, 3.8) is 0 Å². The van der Waals surface area contributed by atoms with E-state index in [0.717, 1.165) is 24.6 Å². The average molecular weight is 348 g/mol. The van der Waals surface area contributed by atoms with Crippen LogP contribution in [0.2, 0.25) is 5.02 Å². The van der Waals surface area contributed by atoms with Crippen molar-refractivity contribution in [2.24, 2.45) is 11.3 Å². The van der Waals surface area contributed by atoms with Gasteiger partial charge in [0.05, 0.1) is 18.8 Å². The minimum Gasteiger partial charge on any atom is -0.371 e. The molecule has 3 unspecified atom stereocenters. The van der Waals surface area contributed by atoms with Gasteiger partial charge in [-0.05, 0) is 42.9 Å². The van der Waals surface area contributed by atoms with Crippen molar-refractivity contribution in [1.29, 1.82) is 0 Å². The van der Waals surface area contributed by atoms with Crippen molar-refractivity contribution in [1.82, 2.24) is 14.8 Å². The van der Waals surface area contributed by atoms with E-state index < -0.39 is 0 Å². The summed E-state index contributed by atoms with van der Waals surface area (Å²) in [6, 6.07) is 8.19. The zero-order valence-electron chi connectivity index (χ0n) is 14.7. The van der Waals surface area contributed by atoms with Crippen LogP contribution in [0.25, 0.3) is 0 Å². The van der Waals surface area contributed by atoms with E-state index >= 15 is 0 Å². The summed E-state index contributed by atoms with van der Waals surface area (Å²) >= 11 is 5.99. The molecule has 4 nitrogen and oxygen atoms in total. The second-order valence-electron chi connectivity index (χ2n) is 6.90. The van der Waals surface area contributed by atoms with Crippen LogP contribution >= 0.6 is 11.6 Å². The van der Waals surface area contributed by atoms with Crippen LogP contribution in [-0.4, -0.2) is 27.0 Å². The normalized spacial score (nSPS) is 30.9. The molecule has 0 bridgehead atoms. The SMILES string of the molecule is CC.CC12CCC(Cc3ccc(Cl)cc3)C1(Cn1cncn1)OC2. The van der Waals surface area contributed by atoms with Crippen molar-refractivity contribution < 1.29 is 4.74 Å². The third-order valence-corrected chi connectivity index (χ3v) is 5.88. The molecule has 0 amide bonds. The Balaban J connectivity index is 0.000000815. The van der Waals surface area contributed by atoms with Crippen LogP contribution in [0, 0.1) is 11.3 Å². The largest absolute Gasteiger partial charge is 0.371 e. The first-order valence-corrected chi connectivity index (χ1v) is 9.20. The Kier molecular flexibility index (Phi) is 4.97. The molecule has 1 aromatic heterocycles. The van der Waals surface area contributed by atoms with Gasteiger partial charge in [0.2, 0.25) is 0 Å². The van der Waals surface area contributed by atoms with Crippen molar-refractivity contribution in [3.05, 3.63) is 47.5 Å². The zero-order valence-corrected chi connectivity index (χ0v) is 15.5. The molecule has 0 radical (unpaired) electrons. The van der Waals surface area contributed by atoms with Gasteiger partial charge in [0.25, 0.3) is 0 Å². The van der Waals surface area contributed by atoms with E-state index in [0.29, 0.717) is 5.92 Å². The highest BCUT2D eigenvalue weighted by Gasteiger charge is 2.65. The van der Waals surface area contributed by atoms with Gasteiger partial charge in [-0.25, -0.2) is 4.98 Å². The van der Waals surface area contributed by atoms with Gasteiger partial charge in [-0.2, -0.15) is 5.10 Å². The summed E-state index contributed by atoms with van der Waals surface area (Å²) in [5.74, 6) is 0.511. The molecular weight excluding hydrogens is 322 g/mol. The predicted octanol–water partition coefficient (Wildman–Crippen LogP) is 4.39. The van der Waals surface area contributed by atoms with Crippen LogP contribution in [0.1, 0.15) is 39.2 Å². The highest BCUT2D eigenvalue weighted by molar-refractivity contribution is 6.30. The molecule has 1 saturated heterocycles. The molecule has 2 fully saturated rings. The lowest BCUT2D eigenvalue weighted by Gasteiger charge is -2.56. The molecule has 130 valence electrons. The van der Waals surface area contributed by atoms with E-state index in [2.05, 4.69) is 29.1 Å². The quantitative estimate of drug-likeness (QED) is 0.823. The standard InChI is InChI=1S/C17H20ClN3O.C2H6/c1-16-7-6-14(8-13-2-4-15(18)5-3-13)17(16,22-10-16)9-21-12-19-11-20-21;1-2/h2-5,11-12,14H,6-10H2,1H3;1-2H3. The summed E-state index contributed by atoms with van der Waals surface area (Å²) in [5.41, 5.74) is 1.48. The topological polar surface area (TPSA) is 39.9 Å². The molecule has 1 aliphatic carbocycles. The van der Waals surface area contributed by atoms with Crippen LogP contribution in [0.4, 0.5) is 0 Å². The summed E-state index contributed by atoms with van der Waals surface area (Å²) < 4.78 is 8.13. The number of hydrogen-bond acceptors (Lipinski definition) is 3. The molecule has 24 heavy (non-hydrogen) atoms. The lowest BCUT2D eigenvalue weighted by atomic mass is 9.67. The molecule has 0 N–H and O–H groups in total. The number of ether oxygens (including phenoxy) is 1. The second kappa shape index (κ2) is 6.85. The molecule has 1 aliphatic heterocycles. The molecule has 2 heterocycles. The first-order chi connectivity index (χ1) is 11.6. The number of aromatic nitrogens is 3. The molecular formula is C19H26ClN3O. The first-order valence-electron chi connectivity index (χ1n) is 8.82. The zero-order chi connectivity index (χ0) is 17.2. The van der Waals surface area contributed by atoms with Crippen molar-refractivity contribution in [2.45, 2.75) is 52.2 Å². The Morgan fingerprint density at radius 1 is 1.29 bits per heavy atom. The van der Waals surface area contributed by atoms with E-state index in [-0.39, 0.29) is 11.0 Å². The fourth-order valence-electron chi connectivity index (χ4n) is 4.22. The maximum absolute atomic E-state index is 6.21. The summed E-state index contributed by atoms with van der Waals surface area (Å²) in [7, 11) is 0. The van der Waals surface area contributed by atoms with E-state index in [4.69, 9.17) is 16.3 Å². The maximum Gasteiger partial charge on any atom is 0.137 e. The third-order valence-electron chi connectivity index (χ3n) is 5.63. The van der Waals surface area contributed by atoms with Gasteiger partial charge >= 0.3 is 0 Å². The van der Waals surface area contributed by atoms with Crippen LogP contribution in [0.5, 0.6) is 0 Å². The molecule has 1 aromatic carbocycles. The molecule has 0 spiro atoms. The van der Waals surface area contributed by atoms with Gasteiger partial charge in [-0.3, -0.25) is 4.68 Å². The Morgan fingerprint density at radius 3 is 2.62 bits per heavy atom. The Labute approximate surface area is 149 Å². The number of rotatable bonds is 4. The smallest absolute Gasteiger partial charge is 0.137 e. The van der Waals surface area contributed by atoms with E-state index in [1.807, 2.05) is 30.7 Å². The molecule has 1 saturated carbocycles. The summed E-state index contributed by atoms with van der Waals surface area (Å²) in [5, 5.41) is 5.07. The minimum absolute atomic E-state index is 0.111. The third kappa shape index (κ3) is 2.86. The summed E-state index contributed by atoms with van der Waals surface area (Å²) in [4.78, 5) is 4.07. The highest BCUT2D eigenvalue weighted by atomic mass is 35.5. The monoisotopic (exact) mass is 347 g/mol. The van der Waals surface area contributed by atoms with E-state index in [1.54, 1.807) is 12.7 Å². The van der Waals surface area contributed by atoms with Crippen molar-refractivity contribution in [2.75, 3.05) is 6.61 Å². The fraction of sp³-hybridized carbons (Fsp3) is 0.579. The van der Waals surface area contributed by atoms with Crippen LogP contribution in [-0.2, 0) is 17.7 Å². The summed E-state index contributed by atoms with van der Waals surface area (Å²) in [6.45, 7) is 8.01. The minimum atomic E-state index is -0.111. The number of fused-ring (bicyclic) bond motifs is 1. The molecule has 5 heteroatoms. The Hall–Kier alpha value is -1.39. The molecule has 2 aliphatic rings. The van der Waals surface area contributed by atoms with Crippen LogP contribution in [0.15, 0.2) is 36.9 Å². The van der Waals surface area contributed by atoms with Crippen molar-refractivity contribution in [3.8, 4) is 0 Å². The first kappa shape index (κ1) is 17.4. The van der Waals surface area contributed by atoms with Gasteiger partial charge in [0, 0.05) is 10.4 Å². The molecule has 3 atom stereocenters. The maximum atomic E-state index is 6.21. The van der Waals surface area contributed by atoms with Gasteiger partial charge in [-0.1, -0.05) is 44.5 Å². The van der Waals surface area contributed by atoms with Crippen LogP contribution < -0.4 is 0 Å². The number of benzene rings is 1. The van der Waals surface area contributed by atoms with Crippen LogP contribution in [0.3, 0.4) is 0 Å². The lowest BCUT2D eigenvalue weighted by Crippen LogP contribution is -2.63. The lowest BCUT2D eigenvalue weighted by molar-refractivity contribution is -0.268. The van der Waals surface area contributed by atoms with E-state index in [9.17, 15) is 0 Å². The Morgan fingerprint density at radius 2 is 2.04 bits per heavy atom. The van der Waals surface area contributed by atoms with Gasteiger partial charge in [0.1, 0.15) is 12.7 Å². The molecule has 2 aromatic rings. The van der Waals surface area contributed by atoms with Gasteiger partial charge < -0.3 is 4.74 Å². The van der Waals surface area contributed by atoms with Gasteiger partial charge in [0.15, 0.2) is 0 Å². The van der Waals surface area contributed by atoms with E-state index in [1.165, 1.54) is 18.4 Å². The number of halogens is 1. The molecule has 4 rings (SSSR count). The predicted molar refractivity (Wildman–Crippen MR) is 96.0 cm³/mol. The average Bonchev–Trinajstić information content (AvgIpc) is 3.17. The number of nitrogens with zero attached hydrogens (tertiary/aromatic N) is 3. The Bertz CT molecular complexity index is 658. The highest BCUT2D eigenvalue weighted by Crippen LogP contribution is 2.60. The summed E-state index contributed by atoms with van der Waals surface area (Å²) in [6.07, 6.45) is 6.83. The van der Waals surface area contributed by atoms with Gasteiger partial charge in [-0.15, -0.1) is 0 Å². The van der Waals surface area contributed by atoms with Crippen molar-refractivity contribution >= 4 is 11.6 Å². The fourth-order valence-corrected chi connectivity index (χ4v) is 4.34. The second-order valence-corrected chi connectivity index (χ2v) is 7.33. The number of hydrogen-bond donors (Lipinski definition) is 0.